The van der Waals surface area contributed by atoms with Crippen LogP contribution >= 0.6 is 15.9 Å². The lowest BCUT2D eigenvalue weighted by molar-refractivity contribution is 0.428. The Balaban J connectivity index is 2.63. The second kappa shape index (κ2) is 4.06. The summed E-state index contributed by atoms with van der Waals surface area (Å²) in [6.07, 6.45) is 0.803. The van der Waals surface area contributed by atoms with Gasteiger partial charge in [-0.15, -0.1) is 0 Å². The van der Waals surface area contributed by atoms with Crippen molar-refractivity contribution in [1.29, 1.82) is 0 Å². The van der Waals surface area contributed by atoms with Gasteiger partial charge in [0.1, 0.15) is 0 Å². The van der Waals surface area contributed by atoms with Crippen molar-refractivity contribution in [3.8, 4) is 11.1 Å². The number of rotatable bonds is 2. The molecule has 78 valence electrons. The van der Waals surface area contributed by atoms with Gasteiger partial charge in [-0.1, -0.05) is 46.2 Å². The fourth-order valence-electron chi connectivity index (χ4n) is 1.53. The molecule has 0 saturated carbocycles. The van der Waals surface area contributed by atoms with E-state index in [0.717, 1.165) is 27.7 Å². The van der Waals surface area contributed by atoms with Crippen LogP contribution in [-0.4, -0.2) is 5.16 Å². The average Bonchev–Trinajstić information content (AvgIpc) is 2.60. The molecule has 2 N–H and O–H groups in total. The quantitative estimate of drug-likeness (QED) is 0.908. The van der Waals surface area contributed by atoms with Crippen molar-refractivity contribution in [2.45, 2.75) is 13.3 Å². The fraction of sp³-hybridized carbons (Fsp3) is 0.182. The van der Waals surface area contributed by atoms with Crippen LogP contribution in [0.25, 0.3) is 11.1 Å². The van der Waals surface area contributed by atoms with E-state index < -0.39 is 0 Å². The molecule has 0 amide bonds. The van der Waals surface area contributed by atoms with E-state index in [0.29, 0.717) is 5.88 Å². The number of aromatic nitrogens is 1. The molecule has 3 nitrogen and oxygen atoms in total. The van der Waals surface area contributed by atoms with Gasteiger partial charge in [0.15, 0.2) is 0 Å². The average molecular weight is 267 g/mol. The van der Waals surface area contributed by atoms with E-state index in [4.69, 9.17) is 10.3 Å². The fourth-order valence-corrected chi connectivity index (χ4v) is 2.01. The molecule has 4 heteroatoms. The van der Waals surface area contributed by atoms with Gasteiger partial charge in [0.2, 0.25) is 5.88 Å². The molecule has 0 spiro atoms. The van der Waals surface area contributed by atoms with Crippen LogP contribution < -0.4 is 5.73 Å². The first-order valence-corrected chi connectivity index (χ1v) is 5.52. The first-order chi connectivity index (χ1) is 7.24. The molecule has 1 aromatic carbocycles. The number of nitrogen functional groups attached to an aromatic ring is 1. The summed E-state index contributed by atoms with van der Waals surface area (Å²) < 4.78 is 6.00. The molecule has 0 bridgehead atoms. The first-order valence-electron chi connectivity index (χ1n) is 4.73. The number of nitrogens with zero attached hydrogens (tertiary/aromatic N) is 1. The number of hydrogen-bond acceptors (Lipinski definition) is 3. The van der Waals surface area contributed by atoms with Gasteiger partial charge in [-0.2, -0.15) is 0 Å². The molecular weight excluding hydrogens is 256 g/mol. The van der Waals surface area contributed by atoms with Crippen LogP contribution in [0.5, 0.6) is 0 Å². The highest BCUT2D eigenvalue weighted by molar-refractivity contribution is 9.10. The summed E-state index contributed by atoms with van der Waals surface area (Å²) in [5.41, 5.74) is 8.57. The molecule has 0 aliphatic rings. The Morgan fingerprint density at radius 2 is 2.13 bits per heavy atom. The third kappa shape index (κ3) is 1.77. The van der Waals surface area contributed by atoms with Gasteiger partial charge >= 0.3 is 0 Å². The zero-order chi connectivity index (χ0) is 10.8. The Labute approximate surface area is 96.4 Å². The molecule has 1 heterocycles. The number of halogens is 1. The molecular formula is C11H11BrN2O. The third-order valence-corrected chi connectivity index (χ3v) is 2.96. The predicted molar refractivity (Wildman–Crippen MR) is 63.4 cm³/mol. The Bertz CT molecular complexity index is 479. The number of benzene rings is 1. The highest BCUT2D eigenvalue weighted by atomic mass is 79.9. The molecule has 2 aromatic rings. The summed E-state index contributed by atoms with van der Waals surface area (Å²) >= 11 is 3.49. The molecule has 1 aromatic heterocycles. The molecule has 2 rings (SSSR count). The van der Waals surface area contributed by atoms with Crippen molar-refractivity contribution in [1.82, 2.24) is 5.16 Å². The smallest absolute Gasteiger partial charge is 0.230 e. The van der Waals surface area contributed by atoms with E-state index in [2.05, 4.69) is 21.1 Å². The van der Waals surface area contributed by atoms with E-state index in [1.807, 2.05) is 31.2 Å². The van der Waals surface area contributed by atoms with Crippen LogP contribution in [0.2, 0.25) is 0 Å². The van der Waals surface area contributed by atoms with E-state index in [-0.39, 0.29) is 0 Å². The lowest BCUT2D eigenvalue weighted by Crippen LogP contribution is -1.90. The number of hydrogen-bond donors (Lipinski definition) is 1. The van der Waals surface area contributed by atoms with Crippen LogP contribution in [0.3, 0.4) is 0 Å². The van der Waals surface area contributed by atoms with Gasteiger partial charge in [-0.25, -0.2) is 0 Å². The number of aryl methyl sites for hydroxylation is 1. The maximum atomic E-state index is 5.77. The van der Waals surface area contributed by atoms with Crippen molar-refractivity contribution in [3.05, 3.63) is 34.4 Å². The van der Waals surface area contributed by atoms with Crippen LogP contribution in [0.4, 0.5) is 5.88 Å². The minimum atomic E-state index is 0.374. The van der Waals surface area contributed by atoms with Crippen LogP contribution in [-0.2, 0) is 6.42 Å². The lowest BCUT2D eigenvalue weighted by atomic mass is 10.0. The van der Waals surface area contributed by atoms with Gasteiger partial charge in [-0.3, -0.25) is 0 Å². The summed E-state index contributed by atoms with van der Waals surface area (Å²) in [6.45, 7) is 2.03. The van der Waals surface area contributed by atoms with Gasteiger partial charge in [0.25, 0.3) is 0 Å². The Kier molecular flexibility index (Phi) is 2.77. The molecule has 0 saturated heterocycles. The zero-order valence-corrected chi connectivity index (χ0v) is 9.91. The maximum absolute atomic E-state index is 5.77. The molecule has 0 atom stereocenters. The summed E-state index contributed by atoms with van der Waals surface area (Å²) in [4.78, 5) is 0. The summed E-state index contributed by atoms with van der Waals surface area (Å²) in [5.74, 6) is 0.374. The third-order valence-electron chi connectivity index (χ3n) is 2.27. The van der Waals surface area contributed by atoms with Gasteiger partial charge in [-0.05, 0) is 12.5 Å². The van der Waals surface area contributed by atoms with E-state index in [1.165, 1.54) is 0 Å². The number of nitrogens with two attached hydrogens (primary N) is 1. The van der Waals surface area contributed by atoms with Gasteiger partial charge < -0.3 is 10.3 Å². The normalized spacial score (nSPS) is 10.5. The minimum Gasteiger partial charge on any atom is -0.367 e. The Hall–Kier alpha value is -1.29. The summed E-state index contributed by atoms with van der Waals surface area (Å²) in [7, 11) is 0. The van der Waals surface area contributed by atoms with Crippen LogP contribution in [0.1, 0.15) is 12.6 Å². The van der Waals surface area contributed by atoms with Crippen LogP contribution in [0, 0.1) is 0 Å². The molecule has 0 aliphatic heterocycles. The SMILES string of the molecule is CCc1noc(N)c1-c1ccccc1Br. The molecule has 0 radical (unpaired) electrons. The van der Waals surface area contributed by atoms with Gasteiger partial charge in [0.05, 0.1) is 11.3 Å². The molecule has 0 fully saturated rings. The summed E-state index contributed by atoms with van der Waals surface area (Å²) in [6, 6.07) is 7.89. The first kappa shape index (κ1) is 10.2. The van der Waals surface area contributed by atoms with E-state index in [9.17, 15) is 0 Å². The maximum Gasteiger partial charge on any atom is 0.230 e. The van der Waals surface area contributed by atoms with Crippen molar-refractivity contribution in [2.24, 2.45) is 0 Å². The lowest BCUT2D eigenvalue weighted by Gasteiger charge is -2.03. The highest BCUT2D eigenvalue weighted by Gasteiger charge is 2.15. The van der Waals surface area contributed by atoms with Crippen molar-refractivity contribution in [3.63, 3.8) is 0 Å². The molecule has 15 heavy (non-hydrogen) atoms. The topological polar surface area (TPSA) is 52.0 Å². The monoisotopic (exact) mass is 266 g/mol. The standard InChI is InChI=1S/C11H11BrN2O/c1-2-9-10(11(13)15-14-9)7-5-3-4-6-8(7)12/h3-6H,2,13H2,1H3. The predicted octanol–water partition coefficient (Wildman–Crippen LogP) is 3.25. The second-order valence-electron chi connectivity index (χ2n) is 3.20. The highest BCUT2D eigenvalue weighted by Crippen LogP contribution is 2.34. The molecule has 0 unspecified atom stereocenters. The Morgan fingerprint density at radius 1 is 1.40 bits per heavy atom. The van der Waals surface area contributed by atoms with Crippen molar-refractivity contribution < 1.29 is 4.52 Å². The van der Waals surface area contributed by atoms with Gasteiger partial charge in [0, 0.05) is 10.0 Å². The number of anilines is 1. The van der Waals surface area contributed by atoms with E-state index in [1.54, 1.807) is 0 Å². The minimum absolute atomic E-state index is 0.374. The summed E-state index contributed by atoms with van der Waals surface area (Å²) in [5, 5.41) is 3.93. The van der Waals surface area contributed by atoms with E-state index >= 15 is 0 Å². The second-order valence-corrected chi connectivity index (χ2v) is 4.06. The largest absolute Gasteiger partial charge is 0.367 e. The van der Waals surface area contributed by atoms with Crippen molar-refractivity contribution >= 4 is 21.8 Å². The van der Waals surface area contributed by atoms with Crippen LogP contribution in [0.15, 0.2) is 33.3 Å². The zero-order valence-electron chi connectivity index (χ0n) is 8.33. The molecule has 0 aliphatic carbocycles. The van der Waals surface area contributed by atoms with Crippen molar-refractivity contribution in [2.75, 3.05) is 5.73 Å². The Morgan fingerprint density at radius 3 is 2.80 bits per heavy atom.